The predicted octanol–water partition coefficient (Wildman–Crippen LogP) is 1.66. The summed E-state index contributed by atoms with van der Waals surface area (Å²) in [6, 6.07) is 3.79. The van der Waals surface area contributed by atoms with E-state index in [4.69, 9.17) is 4.74 Å². The van der Waals surface area contributed by atoms with Gasteiger partial charge in [-0.3, -0.25) is 4.68 Å². The lowest BCUT2D eigenvalue weighted by molar-refractivity contribution is 0.0529. The molecule has 3 heterocycles. The minimum atomic E-state index is -0.205. The number of rotatable bonds is 5. The molecular formula is C19H28N6O2. The number of hydrogen-bond acceptors (Lipinski definition) is 5. The molecule has 8 nitrogen and oxygen atoms in total. The quantitative estimate of drug-likeness (QED) is 0.834. The molecular weight excluding hydrogens is 344 g/mol. The van der Waals surface area contributed by atoms with Gasteiger partial charge >= 0.3 is 6.03 Å². The number of aryl methyl sites for hydroxylation is 2. The highest BCUT2D eigenvalue weighted by Crippen LogP contribution is 2.15. The third kappa shape index (κ3) is 4.77. The van der Waals surface area contributed by atoms with E-state index in [1.54, 1.807) is 0 Å². The fraction of sp³-hybridized carbons (Fsp3) is 0.526. The highest BCUT2D eigenvalue weighted by Gasteiger charge is 2.17. The highest BCUT2D eigenvalue weighted by atomic mass is 16.5. The first-order valence-corrected chi connectivity index (χ1v) is 9.26. The van der Waals surface area contributed by atoms with Crippen LogP contribution in [0.3, 0.4) is 0 Å². The molecule has 2 aromatic rings. The normalized spacial score (nSPS) is 17.0. The van der Waals surface area contributed by atoms with Gasteiger partial charge in [0.1, 0.15) is 5.82 Å². The number of amides is 2. The second kappa shape index (κ2) is 8.39. The van der Waals surface area contributed by atoms with Crippen molar-refractivity contribution in [2.45, 2.75) is 40.0 Å². The van der Waals surface area contributed by atoms with E-state index >= 15 is 0 Å². The van der Waals surface area contributed by atoms with Gasteiger partial charge in [-0.05, 0) is 32.4 Å². The average molecular weight is 372 g/mol. The Balaban J connectivity index is 1.47. The van der Waals surface area contributed by atoms with E-state index in [9.17, 15) is 4.79 Å². The molecule has 0 bridgehead atoms. The van der Waals surface area contributed by atoms with E-state index in [1.165, 1.54) is 0 Å². The van der Waals surface area contributed by atoms with Gasteiger partial charge in [-0.1, -0.05) is 6.07 Å². The van der Waals surface area contributed by atoms with E-state index < -0.39 is 0 Å². The van der Waals surface area contributed by atoms with Gasteiger partial charge in [0.15, 0.2) is 0 Å². The Kier molecular flexibility index (Phi) is 5.95. The fourth-order valence-corrected chi connectivity index (χ4v) is 3.22. The molecule has 0 aliphatic carbocycles. The van der Waals surface area contributed by atoms with E-state index in [2.05, 4.69) is 32.5 Å². The van der Waals surface area contributed by atoms with E-state index in [0.717, 1.165) is 48.0 Å². The zero-order valence-electron chi connectivity index (χ0n) is 16.5. The summed E-state index contributed by atoms with van der Waals surface area (Å²) in [4.78, 5) is 18.8. The summed E-state index contributed by atoms with van der Waals surface area (Å²) >= 11 is 0. The smallest absolute Gasteiger partial charge is 0.315 e. The molecule has 0 aromatic carbocycles. The van der Waals surface area contributed by atoms with Crippen LogP contribution in [0.4, 0.5) is 10.6 Å². The number of nitrogens with one attached hydrogen (secondary N) is 2. The molecule has 3 rings (SSSR count). The van der Waals surface area contributed by atoms with E-state index in [0.29, 0.717) is 13.1 Å². The molecule has 146 valence electrons. The summed E-state index contributed by atoms with van der Waals surface area (Å²) in [6.07, 6.45) is 2.03. The van der Waals surface area contributed by atoms with Crippen molar-refractivity contribution in [1.29, 1.82) is 0 Å². The van der Waals surface area contributed by atoms with Crippen molar-refractivity contribution >= 4 is 11.8 Å². The van der Waals surface area contributed by atoms with Gasteiger partial charge in [0.25, 0.3) is 0 Å². The monoisotopic (exact) mass is 372 g/mol. The molecule has 1 aliphatic heterocycles. The van der Waals surface area contributed by atoms with Gasteiger partial charge in [0.2, 0.25) is 0 Å². The van der Waals surface area contributed by atoms with E-state index in [1.807, 2.05) is 43.9 Å². The maximum Gasteiger partial charge on any atom is 0.315 e. The molecule has 2 aromatic heterocycles. The first kappa shape index (κ1) is 19.2. The highest BCUT2D eigenvalue weighted by molar-refractivity contribution is 5.73. The van der Waals surface area contributed by atoms with Crippen molar-refractivity contribution in [3.05, 3.63) is 40.8 Å². The van der Waals surface area contributed by atoms with Gasteiger partial charge in [-0.25, -0.2) is 9.78 Å². The number of morpholine rings is 1. The van der Waals surface area contributed by atoms with Gasteiger partial charge < -0.3 is 20.3 Å². The number of ether oxygens (including phenoxy) is 1. The molecule has 2 amide bonds. The standard InChI is InChI=1S/C19H28N6O2/c1-13-12-25(7-8-27-13)18-6-5-16(9-20-18)10-21-19(26)22-11-17-14(2)23-24(4)15(17)3/h5-6,9,13H,7-8,10-12H2,1-4H3,(H2,21,22,26). The van der Waals surface area contributed by atoms with Gasteiger partial charge in [0, 0.05) is 50.7 Å². The van der Waals surface area contributed by atoms with Crippen molar-refractivity contribution in [3.63, 3.8) is 0 Å². The Morgan fingerprint density at radius 2 is 2.07 bits per heavy atom. The largest absolute Gasteiger partial charge is 0.375 e. The molecule has 0 radical (unpaired) electrons. The molecule has 0 saturated carbocycles. The zero-order chi connectivity index (χ0) is 19.4. The van der Waals surface area contributed by atoms with Crippen molar-refractivity contribution < 1.29 is 9.53 Å². The lowest BCUT2D eigenvalue weighted by atomic mass is 10.2. The van der Waals surface area contributed by atoms with Crippen LogP contribution in [0.25, 0.3) is 0 Å². The summed E-state index contributed by atoms with van der Waals surface area (Å²) < 4.78 is 7.39. The first-order valence-electron chi connectivity index (χ1n) is 9.26. The summed E-state index contributed by atoms with van der Waals surface area (Å²) in [5.41, 5.74) is 4.01. The Labute approximate surface area is 159 Å². The van der Waals surface area contributed by atoms with Gasteiger partial charge in [-0.15, -0.1) is 0 Å². The number of nitrogens with zero attached hydrogens (tertiary/aromatic N) is 4. The molecule has 1 aliphatic rings. The summed E-state index contributed by atoms with van der Waals surface area (Å²) in [6.45, 7) is 9.33. The minimum absolute atomic E-state index is 0.205. The summed E-state index contributed by atoms with van der Waals surface area (Å²) in [5, 5.41) is 10.1. The van der Waals surface area contributed by atoms with Crippen molar-refractivity contribution in [2.75, 3.05) is 24.6 Å². The minimum Gasteiger partial charge on any atom is -0.375 e. The first-order chi connectivity index (χ1) is 12.9. The molecule has 2 N–H and O–H groups in total. The number of carbonyl (C=O) groups is 1. The lowest BCUT2D eigenvalue weighted by Gasteiger charge is -2.32. The third-order valence-electron chi connectivity index (χ3n) is 4.91. The molecule has 8 heteroatoms. The lowest BCUT2D eigenvalue weighted by Crippen LogP contribution is -2.41. The van der Waals surface area contributed by atoms with Crippen LogP contribution in [-0.2, 0) is 24.9 Å². The van der Waals surface area contributed by atoms with Crippen LogP contribution >= 0.6 is 0 Å². The average Bonchev–Trinajstić information content (AvgIpc) is 2.90. The van der Waals surface area contributed by atoms with Crippen molar-refractivity contribution in [2.24, 2.45) is 7.05 Å². The molecule has 1 saturated heterocycles. The van der Waals surface area contributed by atoms with Gasteiger partial charge in [-0.2, -0.15) is 5.10 Å². The van der Waals surface area contributed by atoms with E-state index in [-0.39, 0.29) is 12.1 Å². The predicted molar refractivity (Wildman–Crippen MR) is 104 cm³/mol. The van der Waals surface area contributed by atoms with Crippen LogP contribution in [0.2, 0.25) is 0 Å². The number of anilines is 1. The maximum absolute atomic E-state index is 12.1. The molecule has 1 unspecified atom stereocenters. The van der Waals surface area contributed by atoms with Crippen LogP contribution < -0.4 is 15.5 Å². The van der Waals surface area contributed by atoms with Crippen LogP contribution in [-0.4, -0.2) is 46.6 Å². The third-order valence-corrected chi connectivity index (χ3v) is 4.91. The Bertz CT molecular complexity index is 786. The zero-order valence-corrected chi connectivity index (χ0v) is 16.5. The molecule has 0 spiro atoms. The summed E-state index contributed by atoms with van der Waals surface area (Å²) in [5.74, 6) is 0.945. The molecule has 27 heavy (non-hydrogen) atoms. The Morgan fingerprint density at radius 1 is 1.30 bits per heavy atom. The second-order valence-corrected chi connectivity index (χ2v) is 6.96. The molecule has 1 fully saturated rings. The Hall–Kier alpha value is -2.61. The molecule has 1 atom stereocenters. The van der Waals surface area contributed by atoms with Crippen LogP contribution in [0.15, 0.2) is 18.3 Å². The number of pyridine rings is 1. The maximum atomic E-state index is 12.1. The van der Waals surface area contributed by atoms with Crippen molar-refractivity contribution in [1.82, 2.24) is 25.4 Å². The number of urea groups is 1. The number of hydrogen-bond donors (Lipinski definition) is 2. The second-order valence-electron chi connectivity index (χ2n) is 6.96. The van der Waals surface area contributed by atoms with Crippen LogP contribution in [0, 0.1) is 13.8 Å². The topological polar surface area (TPSA) is 84.3 Å². The van der Waals surface area contributed by atoms with Crippen molar-refractivity contribution in [3.8, 4) is 0 Å². The SMILES string of the molecule is Cc1nn(C)c(C)c1CNC(=O)NCc1ccc(N2CCOC(C)C2)nc1. The summed E-state index contributed by atoms with van der Waals surface area (Å²) in [7, 11) is 1.90. The Morgan fingerprint density at radius 3 is 2.70 bits per heavy atom. The van der Waals surface area contributed by atoms with Crippen LogP contribution in [0.5, 0.6) is 0 Å². The fourth-order valence-electron chi connectivity index (χ4n) is 3.22. The van der Waals surface area contributed by atoms with Gasteiger partial charge in [0.05, 0.1) is 18.4 Å². The number of carbonyl (C=O) groups excluding carboxylic acids is 1. The van der Waals surface area contributed by atoms with Crippen LogP contribution in [0.1, 0.15) is 29.4 Å². The number of aromatic nitrogens is 3.